The van der Waals surface area contributed by atoms with Crippen LogP contribution < -0.4 is 15.7 Å². The highest BCUT2D eigenvalue weighted by atomic mass is 16.5. The van der Waals surface area contributed by atoms with Crippen molar-refractivity contribution in [2.45, 2.75) is 19.8 Å². The molecule has 23 heavy (non-hydrogen) atoms. The molecule has 5 nitrogen and oxygen atoms in total. The molecular formula is C18H18N2O3. The van der Waals surface area contributed by atoms with Gasteiger partial charge in [-0.2, -0.15) is 0 Å². The van der Waals surface area contributed by atoms with Crippen molar-refractivity contribution in [3.63, 3.8) is 0 Å². The molecule has 0 unspecified atom stereocenters. The molecule has 0 aliphatic rings. The minimum atomic E-state index is -0.631. The maximum absolute atomic E-state index is 11.4. The largest absolute Gasteiger partial charge is 0.494 e. The second-order valence-corrected chi connectivity index (χ2v) is 5.31. The van der Waals surface area contributed by atoms with Crippen molar-refractivity contribution < 1.29 is 4.74 Å². The Morgan fingerprint density at radius 1 is 1.00 bits per heavy atom. The Bertz CT molecular complexity index is 941. The molecule has 0 saturated carbocycles. The average Bonchev–Trinajstić information content (AvgIpc) is 2.57. The Balaban J connectivity index is 1.96. The second kappa shape index (κ2) is 6.52. The lowest BCUT2D eigenvalue weighted by Crippen LogP contribution is -2.27. The molecule has 118 valence electrons. The van der Waals surface area contributed by atoms with Gasteiger partial charge in [0.15, 0.2) is 0 Å². The molecule has 0 bridgehead atoms. The Labute approximate surface area is 132 Å². The van der Waals surface area contributed by atoms with E-state index in [1.807, 2.05) is 31.2 Å². The van der Waals surface area contributed by atoms with Gasteiger partial charge in [-0.3, -0.25) is 14.7 Å². The standard InChI is InChI=1S/C18H18N2O3/c1-2-23-17-10-7-12-5-3-4-6-14(12)15(17)9-8-13-11-16(21)18(22)20-19-13/h3-7,10-11H,2,8-9H2,1H3,(H,19,21)(H,20,22). The fraction of sp³-hybridized carbons (Fsp3) is 0.222. The normalized spacial score (nSPS) is 10.8. The Morgan fingerprint density at radius 2 is 1.83 bits per heavy atom. The molecule has 0 fully saturated rings. The van der Waals surface area contributed by atoms with Crippen LogP contribution in [0.5, 0.6) is 5.75 Å². The van der Waals surface area contributed by atoms with E-state index < -0.39 is 11.0 Å². The lowest BCUT2D eigenvalue weighted by Gasteiger charge is -2.13. The highest BCUT2D eigenvalue weighted by Crippen LogP contribution is 2.29. The van der Waals surface area contributed by atoms with Gasteiger partial charge in [0.2, 0.25) is 5.43 Å². The van der Waals surface area contributed by atoms with E-state index in [1.165, 1.54) is 6.07 Å². The highest BCUT2D eigenvalue weighted by molar-refractivity contribution is 5.87. The quantitative estimate of drug-likeness (QED) is 0.711. The lowest BCUT2D eigenvalue weighted by atomic mass is 9.99. The van der Waals surface area contributed by atoms with Crippen LogP contribution >= 0.6 is 0 Å². The third-order valence-electron chi connectivity index (χ3n) is 3.81. The fourth-order valence-corrected chi connectivity index (χ4v) is 2.72. The van der Waals surface area contributed by atoms with E-state index in [0.29, 0.717) is 25.1 Å². The zero-order valence-corrected chi connectivity index (χ0v) is 12.9. The summed E-state index contributed by atoms with van der Waals surface area (Å²) in [5.74, 6) is 0.859. The van der Waals surface area contributed by atoms with Crippen LogP contribution in [-0.4, -0.2) is 16.8 Å². The van der Waals surface area contributed by atoms with Gasteiger partial charge >= 0.3 is 5.56 Å². The van der Waals surface area contributed by atoms with Crippen LogP contribution in [-0.2, 0) is 12.8 Å². The van der Waals surface area contributed by atoms with Crippen molar-refractivity contribution in [3.8, 4) is 5.75 Å². The summed E-state index contributed by atoms with van der Waals surface area (Å²) in [5.41, 5.74) is 0.651. The molecule has 3 aromatic rings. The third kappa shape index (κ3) is 3.18. The molecule has 2 N–H and O–H groups in total. The van der Waals surface area contributed by atoms with Gasteiger partial charge in [-0.25, -0.2) is 0 Å². The molecule has 3 rings (SSSR count). The number of fused-ring (bicyclic) bond motifs is 1. The molecule has 0 radical (unpaired) electrons. The Hall–Kier alpha value is -2.82. The highest BCUT2D eigenvalue weighted by Gasteiger charge is 2.09. The first-order valence-corrected chi connectivity index (χ1v) is 7.63. The van der Waals surface area contributed by atoms with Crippen molar-refractivity contribution in [3.05, 3.63) is 74.3 Å². The Kier molecular flexibility index (Phi) is 4.28. The number of aryl methyl sites for hydroxylation is 2. The van der Waals surface area contributed by atoms with E-state index in [0.717, 1.165) is 22.1 Å². The van der Waals surface area contributed by atoms with E-state index in [4.69, 9.17) is 4.74 Å². The molecule has 0 aliphatic carbocycles. The van der Waals surface area contributed by atoms with Crippen LogP contribution in [0.15, 0.2) is 52.1 Å². The minimum Gasteiger partial charge on any atom is -0.494 e. The van der Waals surface area contributed by atoms with Gasteiger partial charge in [0.25, 0.3) is 0 Å². The predicted molar refractivity (Wildman–Crippen MR) is 90.2 cm³/mol. The molecule has 0 spiro atoms. The molecule has 2 aromatic carbocycles. The SMILES string of the molecule is CCOc1ccc2ccccc2c1CCc1cc(=O)c(=O)[nH][nH]1. The first kappa shape index (κ1) is 15.1. The summed E-state index contributed by atoms with van der Waals surface area (Å²) in [7, 11) is 0. The first-order chi connectivity index (χ1) is 11.2. The van der Waals surface area contributed by atoms with Crippen molar-refractivity contribution in [2.24, 2.45) is 0 Å². The van der Waals surface area contributed by atoms with Gasteiger partial charge in [0.1, 0.15) is 5.75 Å². The van der Waals surface area contributed by atoms with Gasteiger partial charge in [-0.1, -0.05) is 30.3 Å². The number of nitrogens with one attached hydrogen (secondary N) is 2. The minimum absolute atomic E-state index is 0.526. The van der Waals surface area contributed by atoms with Crippen molar-refractivity contribution in [2.75, 3.05) is 6.61 Å². The number of benzene rings is 2. The topological polar surface area (TPSA) is 75.0 Å². The van der Waals surface area contributed by atoms with Crippen LogP contribution in [0.1, 0.15) is 18.2 Å². The summed E-state index contributed by atoms with van der Waals surface area (Å²) in [6, 6.07) is 13.5. The summed E-state index contributed by atoms with van der Waals surface area (Å²) in [5, 5.41) is 7.42. The third-order valence-corrected chi connectivity index (χ3v) is 3.81. The molecule has 0 saturated heterocycles. The van der Waals surface area contributed by atoms with E-state index in [2.05, 4.69) is 22.3 Å². The van der Waals surface area contributed by atoms with E-state index in [1.54, 1.807) is 0 Å². The van der Waals surface area contributed by atoms with Gasteiger partial charge in [-0.05, 0) is 36.6 Å². The number of rotatable bonds is 5. The van der Waals surface area contributed by atoms with E-state index in [9.17, 15) is 9.59 Å². The number of H-pyrrole nitrogens is 2. The maximum atomic E-state index is 11.4. The molecule has 0 amide bonds. The number of ether oxygens (including phenoxy) is 1. The molecule has 0 aliphatic heterocycles. The van der Waals surface area contributed by atoms with E-state index >= 15 is 0 Å². The van der Waals surface area contributed by atoms with Gasteiger partial charge < -0.3 is 9.84 Å². The van der Waals surface area contributed by atoms with Crippen LogP contribution in [0.4, 0.5) is 0 Å². The number of aromatic amines is 2. The van der Waals surface area contributed by atoms with Gasteiger partial charge in [0.05, 0.1) is 6.61 Å². The molecule has 5 heteroatoms. The lowest BCUT2D eigenvalue weighted by molar-refractivity contribution is 0.337. The summed E-state index contributed by atoms with van der Waals surface area (Å²) in [4.78, 5) is 22.6. The molecule has 0 atom stereocenters. The summed E-state index contributed by atoms with van der Waals surface area (Å²) in [6.45, 7) is 2.55. The maximum Gasteiger partial charge on any atom is 0.310 e. The zero-order chi connectivity index (χ0) is 16.2. The summed E-state index contributed by atoms with van der Waals surface area (Å²) >= 11 is 0. The monoisotopic (exact) mass is 310 g/mol. The van der Waals surface area contributed by atoms with Crippen LogP contribution in [0, 0.1) is 0 Å². The van der Waals surface area contributed by atoms with Crippen molar-refractivity contribution >= 4 is 10.8 Å². The number of aromatic nitrogens is 2. The molecule has 1 aromatic heterocycles. The van der Waals surface area contributed by atoms with Crippen LogP contribution in [0.2, 0.25) is 0 Å². The summed E-state index contributed by atoms with van der Waals surface area (Å²) in [6.07, 6.45) is 1.32. The Morgan fingerprint density at radius 3 is 2.61 bits per heavy atom. The van der Waals surface area contributed by atoms with Gasteiger partial charge in [-0.15, -0.1) is 0 Å². The van der Waals surface area contributed by atoms with Gasteiger partial charge in [0, 0.05) is 17.3 Å². The van der Waals surface area contributed by atoms with Crippen molar-refractivity contribution in [1.82, 2.24) is 10.2 Å². The van der Waals surface area contributed by atoms with Crippen molar-refractivity contribution in [1.29, 1.82) is 0 Å². The summed E-state index contributed by atoms with van der Waals surface area (Å²) < 4.78 is 5.75. The molecule has 1 heterocycles. The van der Waals surface area contributed by atoms with Crippen LogP contribution in [0.25, 0.3) is 10.8 Å². The smallest absolute Gasteiger partial charge is 0.310 e. The predicted octanol–water partition coefficient (Wildman–Crippen LogP) is 2.40. The zero-order valence-electron chi connectivity index (χ0n) is 12.9. The molecular weight excluding hydrogens is 292 g/mol. The van der Waals surface area contributed by atoms with Crippen LogP contribution in [0.3, 0.4) is 0 Å². The number of hydrogen-bond donors (Lipinski definition) is 2. The second-order valence-electron chi connectivity index (χ2n) is 5.31. The van der Waals surface area contributed by atoms with E-state index in [-0.39, 0.29) is 0 Å². The number of hydrogen-bond acceptors (Lipinski definition) is 3. The first-order valence-electron chi connectivity index (χ1n) is 7.63. The fourth-order valence-electron chi connectivity index (χ4n) is 2.72. The average molecular weight is 310 g/mol.